The highest BCUT2D eigenvalue weighted by atomic mass is 35.5. The highest BCUT2D eigenvalue weighted by Crippen LogP contribution is 2.26. The number of rotatable bonds is 4. The van der Waals surface area contributed by atoms with Gasteiger partial charge in [0.1, 0.15) is 0 Å². The van der Waals surface area contributed by atoms with Crippen LogP contribution >= 0.6 is 11.6 Å². The lowest BCUT2D eigenvalue weighted by molar-refractivity contribution is 0.278. The second-order valence-electron chi connectivity index (χ2n) is 5.15. The van der Waals surface area contributed by atoms with E-state index in [0.29, 0.717) is 6.04 Å². The Hall–Kier alpha value is -0.530. The van der Waals surface area contributed by atoms with Crippen molar-refractivity contribution in [2.24, 2.45) is 5.92 Å². The zero-order valence-corrected chi connectivity index (χ0v) is 11.3. The van der Waals surface area contributed by atoms with Crippen LogP contribution in [0.15, 0.2) is 24.3 Å². The Bertz CT molecular complexity index is 333. The summed E-state index contributed by atoms with van der Waals surface area (Å²) in [6.45, 7) is 3.28. The van der Waals surface area contributed by atoms with Gasteiger partial charge in [-0.15, -0.1) is 0 Å². The molecule has 0 amide bonds. The lowest BCUT2D eigenvalue weighted by atomic mass is 9.84. The van der Waals surface area contributed by atoms with Crippen LogP contribution < -0.4 is 5.32 Å². The number of nitrogens with one attached hydrogen (secondary N) is 1. The van der Waals surface area contributed by atoms with Crippen molar-refractivity contribution in [3.63, 3.8) is 0 Å². The fraction of sp³-hybridized carbons (Fsp3) is 0.600. The van der Waals surface area contributed by atoms with E-state index < -0.39 is 0 Å². The van der Waals surface area contributed by atoms with Gasteiger partial charge >= 0.3 is 0 Å². The van der Waals surface area contributed by atoms with E-state index in [1.165, 1.54) is 37.7 Å². The predicted octanol–water partition coefficient (Wildman–Crippen LogP) is 4.40. The smallest absolute Gasteiger partial charge is 0.0406 e. The Morgan fingerprint density at radius 1 is 1.24 bits per heavy atom. The maximum atomic E-state index is 5.88. The topological polar surface area (TPSA) is 12.0 Å². The molecule has 0 aliphatic heterocycles. The molecular weight excluding hydrogens is 230 g/mol. The van der Waals surface area contributed by atoms with Gasteiger partial charge in [0, 0.05) is 17.6 Å². The summed E-state index contributed by atoms with van der Waals surface area (Å²) >= 11 is 5.88. The maximum absolute atomic E-state index is 5.88. The fourth-order valence-corrected chi connectivity index (χ4v) is 2.84. The third-order valence-corrected chi connectivity index (χ3v) is 4.12. The Kier molecular flexibility index (Phi) is 4.87. The molecule has 2 atom stereocenters. The summed E-state index contributed by atoms with van der Waals surface area (Å²) in [5.41, 5.74) is 1.33. The van der Waals surface area contributed by atoms with E-state index in [-0.39, 0.29) is 0 Å². The van der Waals surface area contributed by atoms with Crippen molar-refractivity contribution < 1.29 is 0 Å². The first kappa shape index (κ1) is 12.9. The number of halogens is 1. The van der Waals surface area contributed by atoms with E-state index >= 15 is 0 Å². The Morgan fingerprint density at radius 3 is 2.71 bits per heavy atom. The normalized spacial score (nSPS) is 24.8. The van der Waals surface area contributed by atoms with Crippen molar-refractivity contribution in [2.75, 3.05) is 0 Å². The molecule has 1 aliphatic rings. The lowest BCUT2D eigenvalue weighted by Crippen LogP contribution is -2.33. The summed E-state index contributed by atoms with van der Waals surface area (Å²) in [6, 6.07) is 8.86. The molecule has 94 valence electrons. The van der Waals surface area contributed by atoms with Crippen molar-refractivity contribution in [2.45, 2.75) is 51.6 Å². The average molecular weight is 252 g/mol. The standard InChI is InChI=1S/C15H22ClN/c1-2-12-4-3-5-15(10-12)17-11-13-6-8-14(16)9-7-13/h6-9,12,15,17H,2-5,10-11H2,1H3. The quantitative estimate of drug-likeness (QED) is 0.837. The van der Waals surface area contributed by atoms with Crippen LogP contribution in [-0.4, -0.2) is 6.04 Å². The van der Waals surface area contributed by atoms with Crippen LogP contribution in [-0.2, 0) is 6.54 Å². The molecule has 0 saturated heterocycles. The maximum Gasteiger partial charge on any atom is 0.0406 e. The van der Waals surface area contributed by atoms with Crippen molar-refractivity contribution in [1.82, 2.24) is 5.32 Å². The van der Waals surface area contributed by atoms with Gasteiger partial charge in [-0.05, 0) is 36.5 Å². The molecule has 1 saturated carbocycles. The molecule has 2 unspecified atom stereocenters. The molecular formula is C15H22ClN. The molecule has 1 aliphatic carbocycles. The lowest BCUT2D eigenvalue weighted by Gasteiger charge is -2.29. The molecule has 1 fully saturated rings. The first-order valence-electron chi connectivity index (χ1n) is 6.75. The molecule has 2 rings (SSSR count). The summed E-state index contributed by atoms with van der Waals surface area (Å²) in [7, 11) is 0. The molecule has 0 spiro atoms. The van der Waals surface area contributed by atoms with Crippen LogP contribution in [0.4, 0.5) is 0 Å². The third kappa shape index (κ3) is 4.01. The van der Waals surface area contributed by atoms with Crippen LogP contribution in [0.5, 0.6) is 0 Å². The molecule has 0 heterocycles. The van der Waals surface area contributed by atoms with E-state index in [9.17, 15) is 0 Å². The SMILES string of the molecule is CCC1CCCC(NCc2ccc(Cl)cc2)C1. The van der Waals surface area contributed by atoms with Gasteiger partial charge in [-0.3, -0.25) is 0 Å². The molecule has 1 aromatic carbocycles. The van der Waals surface area contributed by atoms with E-state index in [2.05, 4.69) is 24.4 Å². The first-order valence-corrected chi connectivity index (χ1v) is 7.13. The van der Waals surface area contributed by atoms with Gasteiger partial charge in [-0.25, -0.2) is 0 Å². The van der Waals surface area contributed by atoms with E-state index in [0.717, 1.165) is 17.5 Å². The van der Waals surface area contributed by atoms with Crippen LogP contribution in [0.1, 0.15) is 44.6 Å². The van der Waals surface area contributed by atoms with Crippen LogP contribution in [0, 0.1) is 5.92 Å². The monoisotopic (exact) mass is 251 g/mol. The molecule has 17 heavy (non-hydrogen) atoms. The van der Waals surface area contributed by atoms with Crippen LogP contribution in [0.3, 0.4) is 0 Å². The zero-order valence-electron chi connectivity index (χ0n) is 10.6. The Balaban J connectivity index is 1.79. The number of benzene rings is 1. The molecule has 1 N–H and O–H groups in total. The van der Waals surface area contributed by atoms with Crippen molar-refractivity contribution in [3.8, 4) is 0 Å². The van der Waals surface area contributed by atoms with Gasteiger partial charge in [0.25, 0.3) is 0 Å². The van der Waals surface area contributed by atoms with E-state index in [1.54, 1.807) is 0 Å². The van der Waals surface area contributed by atoms with E-state index in [4.69, 9.17) is 11.6 Å². The van der Waals surface area contributed by atoms with Gasteiger partial charge in [-0.1, -0.05) is 49.9 Å². The fourth-order valence-electron chi connectivity index (χ4n) is 2.71. The van der Waals surface area contributed by atoms with Gasteiger partial charge < -0.3 is 5.32 Å². The summed E-state index contributed by atoms with van der Waals surface area (Å²) in [5, 5.41) is 4.50. The second kappa shape index (κ2) is 6.42. The number of hydrogen-bond acceptors (Lipinski definition) is 1. The Morgan fingerprint density at radius 2 is 2.00 bits per heavy atom. The average Bonchev–Trinajstić information content (AvgIpc) is 2.38. The van der Waals surface area contributed by atoms with Crippen LogP contribution in [0.25, 0.3) is 0 Å². The summed E-state index contributed by atoms with van der Waals surface area (Å²) in [5.74, 6) is 0.937. The first-order chi connectivity index (χ1) is 8.28. The summed E-state index contributed by atoms with van der Waals surface area (Å²) in [4.78, 5) is 0. The molecule has 0 radical (unpaired) electrons. The molecule has 1 nitrogen and oxygen atoms in total. The Labute approximate surface area is 110 Å². The third-order valence-electron chi connectivity index (χ3n) is 3.87. The zero-order chi connectivity index (χ0) is 12.1. The van der Waals surface area contributed by atoms with Crippen molar-refractivity contribution >= 4 is 11.6 Å². The van der Waals surface area contributed by atoms with Crippen molar-refractivity contribution in [3.05, 3.63) is 34.9 Å². The summed E-state index contributed by atoms with van der Waals surface area (Å²) < 4.78 is 0. The highest BCUT2D eigenvalue weighted by molar-refractivity contribution is 6.30. The van der Waals surface area contributed by atoms with Gasteiger partial charge in [-0.2, -0.15) is 0 Å². The van der Waals surface area contributed by atoms with Crippen molar-refractivity contribution in [1.29, 1.82) is 0 Å². The van der Waals surface area contributed by atoms with Gasteiger partial charge in [0.2, 0.25) is 0 Å². The minimum atomic E-state index is 0.712. The molecule has 0 aromatic heterocycles. The summed E-state index contributed by atoms with van der Waals surface area (Å²) in [6.07, 6.45) is 6.83. The minimum Gasteiger partial charge on any atom is -0.310 e. The van der Waals surface area contributed by atoms with Gasteiger partial charge in [0.05, 0.1) is 0 Å². The van der Waals surface area contributed by atoms with Crippen LogP contribution in [0.2, 0.25) is 5.02 Å². The highest BCUT2D eigenvalue weighted by Gasteiger charge is 2.19. The molecule has 1 aromatic rings. The van der Waals surface area contributed by atoms with E-state index in [1.807, 2.05) is 12.1 Å². The minimum absolute atomic E-state index is 0.712. The molecule has 2 heteroatoms. The molecule has 0 bridgehead atoms. The predicted molar refractivity (Wildman–Crippen MR) is 74.3 cm³/mol. The number of hydrogen-bond donors (Lipinski definition) is 1. The second-order valence-corrected chi connectivity index (χ2v) is 5.58. The largest absolute Gasteiger partial charge is 0.310 e. The van der Waals surface area contributed by atoms with Gasteiger partial charge in [0.15, 0.2) is 0 Å².